The third kappa shape index (κ3) is 4.58. The zero-order chi connectivity index (χ0) is 18.4. The van der Waals surface area contributed by atoms with Crippen LogP contribution in [0.1, 0.15) is 22.3 Å². The molecule has 0 bridgehead atoms. The van der Waals surface area contributed by atoms with Crippen LogP contribution in [-0.2, 0) is 11.3 Å². The number of thiophene rings is 1. The SMILES string of the molecule is CN(Cc1cnn(-c2ccccc2)c1)C(=O)CCNC(=O)c1ccsc1. The van der Waals surface area contributed by atoms with E-state index in [1.165, 1.54) is 11.3 Å². The van der Waals surface area contributed by atoms with Crippen LogP contribution >= 0.6 is 11.3 Å². The zero-order valence-corrected chi connectivity index (χ0v) is 15.3. The van der Waals surface area contributed by atoms with Crippen molar-refractivity contribution >= 4 is 23.2 Å². The number of carbonyl (C=O) groups is 2. The van der Waals surface area contributed by atoms with Crippen molar-refractivity contribution in [3.63, 3.8) is 0 Å². The maximum absolute atomic E-state index is 12.2. The maximum atomic E-state index is 12.2. The molecule has 1 N–H and O–H groups in total. The van der Waals surface area contributed by atoms with Gasteiger partial charge in [0.1, 0.15) is 0 Å². The summed E-state index contributed by atoms with van der Waals surface area (Å²) in [4.78, 5) is 25.7. The summed E-state index contributed by atoms with van der Waals surface area (Å²) in [6.07, 6.45) is 3.94. The van der Waals surface area contributed by atoms with E-state index in [1.807, 2.05) is 41.9 Å². The van der Waals surface area contributed by atoms with Gasteiger partial charge in [-0.25, -0.2) is 4.68 Å². The average molecular weight is 368 g/mol. The summed E-state index contributed by atoms with van der Waals surface area (Å²) in [5.74, 6) is -0.172. The van der Waals surface area contributed by atoms with Crippen LogP contribution in [0.25, 0.3) is 5.69 Å². The van der Waals surface area contributed by atoms with Crippen molar-refractivity contribution in [2.24, 2.45) is 0 Å². The molecule has 0 spiro atoms. The number of hydrogen-bond acceptors (Lipinski definition) is 4. The third-order valence-electron chi connectivity index (χ3n) is 3.91. The van der Waals surface area contributed by atoms with Gasteiger partial charge < -0.3 is 10.2 Å². The van der Waals surface area contributed by atoms with Crippen LogP contribution in [0.4, 0.5) is 0 Å². The number of nitrogens with one attached hydrogen (secondary N) is 1. The first-order valence-corrected chi connectivity index (χ1v) is 9.21. The molecule has 0 unspecified atom stereocenters. The Morgan fingerprint density at radius 1 is 1.23 bits per heavy atom. The highest BCUT2D eigenvalue weighted by Crippen LogP contribution is 2.10. The molecular weight excluding hydrogens is 348 g/mol. The van der Waals surface area contributed by atoms with Gasteiger partial charge in [0.2, 0.25) is 5.91 Å². The smallest absolute Gasteiger partial charge is 0.252 e. The van der Waals surface area contributed by atoms with Gasteiger partial charge in [0.15, 0.2) is 0 Å². The highest BCUT2D eigenvalue weighted by atomic mass is 32.1. The molecule has 0 radical (unpaired) electrons. The number of carbonyl (C=O) groups excluding carboxylic acids is 2. The van der Waals surface area contributed by atoms with Crippen LogP contribution in [-0.4, -0.2) is 40.1 Å². The van der Waals surface area contributed by atoms with E-state index in [0.717, 1.165) is 11.3 Å². The average Bonchev–Trinajstić information content (AvgIpc) is 3.34. The van der Waals surface area contributed by atoms with Gasteiger partial charge in [-0.05, 0) is 23.6 Å². The monoisotopic (exact) mass is 368 g/mol. The van der Waals surface area contributed by atoms with E-state index < -0.39 is 0 Å². The Morgan fingerprint density at radius 3 is 2.77 bits per heavy atom. The van der Waals surface area contributed by atoms with Gasteiger partial charge in [-0.3, -0.25) is 9.59 Å². The Morgan fingerprint density at radius 2 is 2.04 bits per heavy atom. The van der Waals surface area contributed by atoms with E-state index in [-0.39, 0.29) is 18.2 Å². The summed E-state index contributed by atoms with van der Waals surface area (Å²) in [5, 5.41) is 10.7. The molecule has 0 aliphatic rings. The molecule has 0 aliphatic heterocycles. The largest absolute Gasteiger partial charge is 0.351 e. The molecule has 3 rings (SSSR count). The van der Waals surface area contributed by atoms with Crippen molar-refractivity contribution in [3.8, 4) is 5.69 Å². The van der Waals surface area contributed by atoms with Crippen LogP contribution in [0.3, 0.4) is 0 Å². The van der Waals surface area contributed by atoms with E-state index in [2.05, 4.69) is 10.4 Å². The quantitative estimate of drug-likeness (QED) is 0.697. The lowest BCUT2D eigenvalue weighted by atomic mass is 10.3. The molecule has 6 nitrogen and oxygen atoms in total. The van der Waals surface area contributed by atoms with Gasteiger partial charge in [-0.2, -0.15) is 16.4 Å². The van der Waals surface area contributed by atoms with E-state index in [4.69, 9.17) is 0 Å². The zero-order valence-electron chi connectivity index (χ0n) is 14.5. The fourth-order valence-corrected chi connectivity index (χ4v) is 3.13. The van der Waals surface area contributed by atoms with Crippen LogP contribution in [0.2, 0.25) is 0 Å². The van der Waals surface area contributed by atoms with Crippen molar-refractivity contribution in [1.29, 1.82) is 0 Å². The first-order valence-electron chi connectivity index (χ1n) is 8.27. The van der Waals surface area contributed by atoms with Crippen LogP contribution < -0.4 is 5.32 Å². The Labute approximate surface area is 156 Å². The van der Waals surface area contributed by atoms with E-state index >= 15 is 0 Å². The minimum Gasteiger partial charge on any atom is -0.351 e. The number of rotatable bonds is 7. The van der Waals surface area contributed by atoms with Crippen LogP contribution in [0, 0.1) is 0 Å². The van der Waals surface area contributed by atoms with Crippen molar-refractivity contribution in [1.82, 2.24) is 20.0 Å². The predicted molar refractivity (Wildman–Crippen MR) is 101 cm³/mol. The van der Waals surface area contributed by atoms with Gasteiger partial charge in [-0.1, -0.05) is 18.2 Å². The van der Waals surface area contributed by atoms with Gasteiger partial charge in [-0.15, -0.1) is 0 Å². The molecule has 2 heterocycles. The maximum Gasteiger partial charge on any atom is 0.252 e. The molecule has 7 heteroatoms. The normalized spacial score (nSPS) is 10.5. The van der Waals surface area contributed by atoms with Crippen molar-refractivity contribution in [3.05, 3.63) is 70.7 Å². The van der Waals surface area contributed by atoms with E-state index in [1.54, 1.807) is 34.3 Å². The number of hydrogen-bond donors (Lipinski definition) is 1. The number of benzene rings is 1. The van der Waals surface area contributed by atoms with Crippen LogP contribution in [0.15, 0.2) is 59.6 Å². The highest BCUT2D eigenvalue weighted by molar-refractivity contribution is 7.08. The number of para-hydroxylation sites is 1. The van der Waals surface area contributed by atoms with Crippen molar-refractivity contribution in [2.75, 3.05) is 13.6 Å². The first kappa shape index (κ1) is 17.9. The molecule has 0 fully saturated rings. The molecule has 2 aromatic heterocycles. The number of nitrogens with zero attached hydrogens (tertiary/aromatic N) is 3. The molecule has 2 amide bonds. The topological polar surface area (TPSA) is 67.2 Å². The Hall–Kier alpha value is -2.93. The van der Waals surface area contributed by atoms with Gasteiger partial charge in [0.25, 0.3) is 5.91 Å². The molecule has 0 saturated carbocycles. The summed E-state index contributed by atoms with van der Waals surface area (Å²) in [6, 6.07) is 11.6. The minimum atomic E-state index is -0.147. The molecule has 0 saturated heterocycles. The second-order valence-corrected chi connectivity index (χ2v) is 6.68. The second-order valence-electron chi connectivity index (χ2n) is 5.90. The Bertz CT molecular complexity index is 859. The molecular formula is C19H20N4O2S. The molecule has 26 heavy (non-hydrogen) atoms. The summed E-state index contributed by atoms with van der Waals surface area (Å²) in [6.45, 7) is 0.797. The molecule has 3 aromatic rings. The van der Waals surface area contributed by atoms with Gasteiger partial charge in [0.05, 0.1) is 11.9 Å². The second kappa shape index (κ2) is 8.44. The fourth-order valence-electron chi connectivity index (χ4n) is 2.50. The first-order chi connectivity index (χ1) is 12.6. The number of aromatic nitrogens is 2. The standard InChI is InChI=1S/C19H20N4O2S/c1-22(18(24)7-9-20-19(25)16-8-10-26-14-16)12-15-11-21-23(13-15)17-5-3-2-4-6-17/h2-6,8,10-11,13-14H,7,9,12H2,1H3,(H,20,25). The molecule has 134 valence electrons. The third-order valence-corrected chi connectivity index (χ3v) is 4.59. The summed E-state index contributed by atoms with van der Waals surface area (Å²) in [5.41, 5.74) is 2.56. The molecule has 0 atom stereocenters. The van der Waals surface area contributed by atoms with Crippen LogP contribution in [0.5, 0.6) is 0 Å². The summed E-state index contributed by atoms with van der Waals surface area (Å²) in [7, 11) is 1.75. The fraction of sp³-hybridized carbons (Fsp3) is 0.211. The van der Waals surface area contributed by atoms with Gasteiger partial charge in [0, 0.05) is 49.3 Å². The van der Waals surface area contributed by atoms with Crippen molar-refractivity contribution in [2.45, 2.75) is 13.0 Å². The van der Waals surface area contributed by atoms with E-state index in [0.29, 0.717) is 18.7 Å². The lowest BCUT2D eigenvalue weighted by molar-refractivity contribution is -0.130. The lowest BCUT2D eigenvalue weighted by Crippen LogP contribution is -2.31. The van der Waals surface area contributed by atoms with Crippen molar-refractivity contribution < 1.29 is 9.59 Å². The Balaban J connectivity index is 1.47. The Kier molecular flexibility index (Phi) is 5.80. The van der Waals surface area contributed by atoms with E-state index in [9.17, 15) is 9.59 Å². The number of amides is 2. The predicted octanol–water partition coefficient (Wildman–Crippen LogP) is 2.71. The minimum absolute atomic E-state index is 0.0249. The lowest BCUT2D eigenvalue weighted by Gasteiger charge is -2.16. The van der Waals surface area contributed by atoms with Gasteiger partial charge >= 0.3 is 0 Å². The molecule has 1 aromatic carbocycles. The molecule has 0 aliphatic carbocycles. The summed E-state index contributed by atoms with van der Waals surface area (Å²) >= 11 is 1.47. The summed E-state index contributed by atoms with van der Waals surface area (Å²) < 4.78 is 1.79. The highest BCUT2D eigenvalue weighted by Gasteiger charge is 2.12.